The number of nitrogens with one attached hydrogen (secondary N) is 2. The van der Waals surface area contributed by atoms with E-state index in [0.29, 0.717) is 16.0 Å². The van der Waals surface area contributed by atoms with Crippen LogP contribution in [-0.2, 0) is 0 Å². The highest BCUT2D eigenvalue weighted by molar-refractivity contribution is 9.10. The number of amides is 1. The van der Waals surface area contributed by atoms with Gasteiger partial charge in [-0.25, -0.2) is 9.97 Å². The lowest BCUT2D eigenvalue weighted by Gasteiger charge is -2.10. The molecule has 1 atom stereocenters. The van der Waals surface area contributed by atoms with Crippen LogP contribution < -0.4 is 5.32 Å². The second-order valence-electron chi connectivity index (χ2n) is 3.44. The summed E-state index contributed by atoms with van der Waals surface area (Å²) in [5, 5.41) is 9.22. The zero-order chi connectivity index (χ0) is 12.3. The summed E-state index contributed by atoms with van der Waals surface area (Å²) in [6.07, 6.45) is 2.91. The standard InChI is InChI=1S/C10H10BrN5O/c1-6(9-13-5-14-16-9)15-10(17)7-2-3-8(11)12-4-7/h2-6H,1H3,(H,15,17)(H,13,14,16). The number of nitrogens with zero attached hydrogens (tertiary/aromatic N) is 3. The number of aromatic amines is 1. The highest BCUT2D eigenvalue weighted by atomic mass is 79.9. The topological polar surface area (TPSA) is 83.6 Å². The Hall–Kier alpha value is -1.76. The summed E-state index contributed by atoms with van der Waals surface area (Å²) in [6.45, 7) is 1.82. The number of aromatic nitrogens is 4. The minimum absolute atomic E-state index is 0.200. The van der Waals surface area contributed by atoms with E-state index >= 15 is 0 Å². The van der Waals surface area contributed by atoms with Crippen molar-refractivity contribution >= 4 is 21.8 Å². The molecule has 7 heteroatoms. The number of pyridine rings is 1. The van der Waals surface area contributed by atoms with Gasteiger partial charge in [-0.05, 0) is 35.0 Å². The summed E-state index contributed by atoms with van der Waals surface area (Å²) in [4.78, 5) is 19.8. The Morgan fingerprint density at radius 2 is 2.29 bits per heavy atom. The van der Waals surface area contributed by atoms with Gasteiger partial charge in [0.1, 0.15) is 16.8 Å². The Labute approximate surface area is 106 Å². The molecular weight excluding hydrogens is 286 g/mol. The fraction of sp³-hybridized carbons (Fsp3) is 0.200. The minimum Gasteiger partial charge on any atom is -0.342 e. The van der Waals surface area contributed by atoms with Crippen molar-refractivity contribution in [2.45, 2.75) is 13.0 Å². The monoisotopic (exact) mass is 295 g/mol. The highest BCUT2D eigenvalue weighted by Gasteiger charge is 2.13. The molecule has 2 aromatic rings. The van der Waals surface area contributed by atoms with Crippen LogP contribution >= 0.6 is 15.9 Å². The van der Waals surface area contributed by atoms with Crippen LogP contribution in [0.25, 0.3) is 0 Å². The molecule has 0 saturated carbocycles. The van der Waals surface area contributed by atoms with Gasteiger partial charge in [0.15, 0.2) is 0 Å². The average molecular weight is 296 g/mol. The van der Waals surface area contributed by atoms with Gasteiger partial charge >= 0.3 is 0 Å². The van der Waals surface area contributed by atoms with Gasteiger partial charge in [0.05, 0.1) is 11.6 Å². The second kappa shape index (κ2) is 5.05. The molecule has 17 heavy (non-hydrogen) atoms. The molecule has 0 aliphatic rings. The van der Waals surface area contributed by atoms with E-state index < -0.39 is 0 Å². The van der Waals surface area contributed by atoms with Crippen LogP contribution in [0.2, 0.25) is 0 Å². The molecule has 0 aliphatic carbocycles. The second-order valence-corrected chi connectivity index (χ2v) is 4.25. The Morgan fingerprint density at radius 3 is 2.88 bits per heavy atom. The van der Waals surface area contributed by atoms with Crippen molar-refractivity contribution in [2.75, 3.05) is 0 Å². The number of hydrogen-bond acceptors (Lipinski definition) is 4. The van der Waals surface area contributed by atoms with Crippen LogP contribution in [0.4, 0.5) is 0 Å². The molecule has 2 heterocycles. The molecule has 0 saturated heterocycles. The Morgan fingerprint density at radius 1 is 1.47 bits per heavy atom. The van der Waals surface area contributed by atoms with E-state index in [9.17, 15) is 4.79 Å². The number of carbonyl (C=O) groups is 1. The Bertz CT molecular complexity index is 496. The summed E-state index contributed by atoms with van der Waals surface area (Å²) in [6, 6.07) is 3.18. The van der Waals surface area contributed by atoms with E-state index in [1.165, 1.54) is 12.5 Å². The molecule has 0 spiro atoms. The zero-order valence-electron chi connectivity index (χ0n) is 9.01. The number of halogens is 1. The average Bonchev–Trinajstić information content (AvgIpc) is 2.83. The largest absolute Gasteiger partial charge is 0.342 e. The lowest BCUT2D eigenvalue weighted by atomic mass is 10.2. The molecule has 1 unspecified atom stereocenters. The van der Waals surface area contributed by atoms with Crippen molar-refractivity contribution < 1.29 is 4.79 Å². The molecule has 2 N–H and O–H groups in total. The van der Waals surface area contributed by atoms with E-state index in [1.807, 2.05) is 6.92 Å². The van der Waals surface area contributed by atoms with Crippen molar-refractivity contribution in [1.29, 1.82) is 0 Å². The molecular formula is C10H10BrN5O. The van der Waals surface area contributed by atoms with Crippen molar-refractivity contribution in [3.63, 3.8) is 0 Å². The maximum Gasteiger partial charge on any atom is 0.253 e. The lowest BCUT2D eigenvalue weighted by molar-refractivity contribution is 0.0938. The number of rotatable bonds is 3. The maximum absolute atomic E-state index is 11.8. The molecule has 88 valence electrons. The van der Waals surface area contributed by atoms with Crippen LogP contribution in [0.1, 0.15) is 29.1 Å². The summed E-state index contributed by atoms with van der Waals surface area (Å²) >= 11 is 3.21. The SMILES string of the molecule is CC(NC(=O)c1ccc(Br)nc1)c1ncn[nH]1. The first-order valence-corrected chi connectivity index (χ1v) is 5.74. The fourth-order valence-electron chi connectivity index (χ4n) is 1.28. The number of hydrogen-bond donors (Lipinski definition) is 2. The highest BCUT2D eigenvalue weighted by Crippen LogP contribution is 2.09. The van der Waals surface area contributed by atoms with Crippen LogP contribution in [0.15, 0.2) is 29.3 Å². The predicted octanol–water partition coefficient (Wildman–Crippen LogP) is 1.45. The van der Waals surface area contributed by atoms with E-state index in [1.54, 1.807) is 12.1 Å². The maximum atomic E-state index is 11.8. The molecule has 0 bridgehead atoms. The van der Waals surface area contributed by atoms with Gasteiger partial charge in [-0.2, -0.15) is 5.10 Å². The van der Waals surface area contributed by atoms with Gasteiger partial charge in [0.25, 0.3) is 5.91 Å². The summed E-state index contributed by atoms with van der Waals surface area (Å²) < 4.78 is 0.692. The lowest BCUT2D eigenvalue weighted by Crippen LogP contribution is -2.27. The zero-order valence-corrected chi connectivity index (χ0v) is 10.6. The first-order valence-electron chi connectivity index (χ1n) is 4.94. The molecule has 2 aromatic heterocycles. The first kappa shape index (κ1) is 11.7. The van der Waals surface area contributed by atoms with E-state index in [-0.39, 0.29) is 11.9 Å². The predicted molar refractivity (Wildman–Crippen MR) is 64.2 cm³/mol. The third kappa shape index (κ3) is 2.88. The van der Waals surface area contributed by atoms with Crippen LogP contribution in [0.3, 0.4) is 0 Å². The molecule has 0 fully saturated rings. The van der Waals surface area contributed by atoms with Gasteiger partial charge < -0.3 is 5.32 Å². The Balaban J connectivity index is 2.04. The van der Waals surface area contributed by atoms with Crippen molar-refractivity contribution in [3.8, 4) is 0 Å². The first-order chi connectivity index (χ1) is 8.16. The molecule has 6 nitrogen and oxygen atoms in total. The van der Waals surface area contributed by atoms with Gasteiger partial charge in [-0.1, -0.05) is 0 Å². The van der Waals surface area contributed by atoms with Gasteiger partial charge in [-0.3, -0.25) is 9.89 Å². The van der Waals surface area contributed by atoms with Crippen molar-refractivity contribution in [2.24, 2.45) is 0 Å². The van der Waals surface area contributed by atoms with Crippen molar-refractivity contribution in [1.82, 2.24) is 25.5 Å². The fourth-order valence-corrected chi connectivity index (χ4v) is 1.52. The third-order valence-electron chi connectivity index (χ3n) is 2.18. The molecule has 0 aromatic carbocycles. The summed E-state index contributed by atoms with van der Waals surface area (Å²) in [7, 11) is 0. The van der Waals surface area contributed by atoms with Crippen LogP contribution in [-0.4, -0.2) is 26.1 Å². The van der Waals surface area contributed by atoms with Gasteiger partial charge in [-0.15, -0.1) is 0 Å². The molecule has 0 radical (unpaired) electrons. The molecule has 2 rings (SSSR count). The normalized spacial score (nSPS) is 12.1. The summed E-state index contributed by atoms with van der Waals surface area (Å²) in [5.41, 5.74) is 0.500. The third-order valence-corrected chi connectivity index (χ3v) is 2.65. The van der Waals surface area contributed by atoms with E-state index in [2.05, 4.69) is 41.4 Å². The number of H-pyrrole nitrogens is 1. The molecule has 1 amide bonds. The van der Waals surface area contributed by atoms with E-state index in [4.69, 9.17) is 0 Å². The quantitative estimate of drug-likeness (QED) is 0.840. The van der Waals surface area contributed by atoms with Gasteiger partial charge in [0, 0.05) is 6.20 Å². The number of carbonyl (C=O) groups excluding carboxylic acids is 1. The smallest absolute Gasteiger partial charge is 0.253 e. The van der Waals surface area contributed by atoms with Crippen molar-refractivity contribution in [3.05, 3.63) is 40.6 Å². The molecule has 0 aliphatic heterocycles. The van der Waals surface area contributed by atoms with Crippen LogP contribution in [0.5, 0.6) is 0 Å². The minimum atomic E-state index is -0.228. The van der Waals surface area contributed by atoms with E-state index in [0.717, 1.165) is 0 Å². The van der Waals surface area contributed by atoms with Crippen LogP contribution in [0, 0.1) is 0 Å². The van der Waals surface area contributed by atoms with Gasteiger partial charge in [0.2, 0.25) is 0 Å². The Kier molecular flexibility index (Phi) is 3.48. The summed E-state index contributed by atoms with van der Waals surface area (Å²) in [5.74, 6) is 0.414.